The maximum absolute atomic E-state index is 12.5. The number of hydrogen-bond donors (Lipinski definition) is 1. The van der Waals surface area contributed by atoms with Gasteiger partial charge in [-0.2, -0.15) is 16.1 Å². The topological polar surface area (TPSA) is 79.0 Å². The number of halogens is 1. The molecular weight excluding hydrogens is 479 g/mol. The maximum Gasteiger partial charge on any atom is 0.252 e. The summed E-state index contributed by atoms with van der Waals surface area (Å²) in [5, 5.41) is 1.79. The molecule has 10 heteroatoms. The molecule has 0 radical (unpaired) electrons. The summed E-state index contributed by atoms with van der Waals surface area (Å²) in [5.41, 5.74) is 6.06. The molecule has 6 nitrogen and oxygen atoms in total. The molecule has 0 aromatic carbocycles. The van der Waals surface area contributed by atoms with Gasteiger partial charge in [-0.1, -0.05) is 6.07 Å². The van der Waals surface area contributed by atoms with Crippen LogP contribution in [-0.4, -0.2) is 67.8 Å². The van der Waals surface area contributed by atoms with Crippen LogP contribution >= 0.6 is 47.1 Å². The van der Waals surface area contributed by atoms with Crippen LogP contribution in [0.4, 0.5) is 0 Å². The summed E-state index contributed by atoms with van der Waals surface area (Å²) in [6, 6.07) is 3.44. The Morgan fingerprint density at radius 3 is 2.75 bits per heavy atom. The zero-order chi connectivity index (χ0) is 16.3. The number of hydrogen-bond acceptors (Lipinski definition) is 5. The Kier molecular flexibility index (Phi) is 7.65. The Labute approximate surface area is 168 Å². The van der Waals surface area contributed by atoms with Crippen molar-refractivity contribution in [2.75, 3.05) is 44.2 Å². The van der Waals surface area contributed by atoms with Crippen LogP contribution in [0.15, 0.2) is 26.7 Å². The zero-order valence-electron chi connectivity index (χ0n) is 13.3. The lowest BCUT2D eigenvalue weighted by Crippen LogP contribution is -2.43. The fraction of sp³-hybridized carbons (Fsp3) is 0.643. The molecule has 2 saturated heterocycles. The van der Waals surface area contributed by atoms with E-state index in [1.807, 2.05) is 11.8 Å². The number of guanidine groups is 1. The van der Waals surface area contributed by atoms with E-state index in [9.17, 15) is 8.42 Å². The number of sulfonamides is 1. The van der Waals surface area contributed by atoms with Gasteiger partial charge < -0.3 is 10.6 Å². The summed E-state index contributed by atoms with van der Waals surface area (Å²) >= 11 is 3.21. The summed E-state index contributed by atoms with van der Waals surface area (Å²) in [7, 11) is -3.33. The smallest absolute Gasteiger partial charge is 0.252 e. The fourth-order valence-electron chi connectivity index (χ4n) is 2.82. The summed E-state index contributed by atoms with van der Waals surface area (Å²) in [5.74, 6) is 3.03. The summed E-state index contributed by atoms with van der Waals surface area (Å²) in [6.45, 7) is 3.60. The number of nitrogens with two attached hydrogens (primary N) is 1. The minimum Gasteiger partial charge on any atom is -0.370 e. The minimum atomic E-state index is -3.33. The van der Waals surface area contributed by atoms with Crippen molar-refractivity contribution >= 4 is 63.1 Å². The first-order valence-electron chi connectivity index (χ1n) is 7.73. The van der Waals surface area contributed by atoms with E-state index in [2.05, 4.69) is 9.89 Å². The average Bonchev–Trinajstić information content (AvgIpc) is 3.25. The van der Waals surface area contributed by atoms with Crippen molar-refractivity contribution < 1.29 is 8.42 Å². The Hall–Kier alpha value is -0.0400. The van der Waals surface area contributed by atoms with Crippen molar-refractivity contribution in [3.8, 4) is 0 Å². The highest BCUT2D eigenvalue weighted by molar-refractivity contribution is 14.0. The van der Waals surface area contributed by atoms with E-state index in [1.54, 1.807) is 21.8 Å². The van der Waals surface area contributed by atoms with Crippen molar-refractivity contribution in [3.05, 3.63) is 17.5 Å². The third-order valence-electron chi connectivity index (χ3n) is 4.18. The number of aliphatic imine (C=N–C) groups is 1. The van der Waals surface area contributed by atoms with E-state index in [0.717, 1.165) is 31.0 Å². The van der Waals surface area contributed by atoms with Gasteiger partial charge in [-0.3, -0.25) is 4.99 Å². The third kappa shape index (κ3) is 4.77. The van der Waals surface area contributed by atoms with Crippen LogP contribution in [-0.2, 0) is 10.0 Å². The largest absolute Gasteiger partial charge is 0.370 e. The monoisotopic (exact) mass is 502 g/mol. The summed E-state index contributed by atoms with van der Waals surface area (Å²) < 4.78 is 27.0. The normalized spacial score (nSPS) is 23.2. The Balaban J connectivity index is 0.00000208. The van der Waals surface area contributed by atoms with Crippen molar-refractivity contribution in [3.63, 3.8) is 0 Å². The lowest BCUT2D eigenvalue weighted by atomic mass is 10.1. The van der Waals surface area contributed by atoms with Crippen molar-refractivity contribution in [2.45, 2.75) is 10.6 Å². The number of rotatable bonds is 4. The van der Waals surface area contributed by atoms with Gasteiger partial charge in [0.1, 0.15) is 4.21 Å². The van der Waals surface area contributed by atoms with Crippen molar-refractivity contribution in [2.24, 2.45) is 16.6 Å². The van der Waals surface area contributed by atoms with Gasteiger partial charge in [0.05, 0.1) is 0 Å². The quantitative estimate of drug-likeness (QED) is 0.386. The zero-order valence-corrected chi connectivity index (χ0v) is 18.1. The van der Waals surface area contributed by atoms with E-state index >= 15 is 0 Å². The van der Waals surface area contributed by atoms with E-state index in [0.29, 0.717) is 29.8 Å². The molecule has 3 rings (SSSR count). The molecule has 0 saturated carbocycles. The van der Waals surface area contributed by atoms with Crippen LogP contribution < -0.4 is 5.73 Å². The van der Waals surface area contributed by atoms with Gasteiger partial charge in [0.25, 0.3) is 10.0 Å². The van der Waals surface area contributed by atoms with E-state index < -0.39 is 10.0 Å². The second kappa shape index (κ2) is 9.06. The number of thiophene rings is 1. The van der Waals surface area contributed by atoms with Crippen LogP contribution in [0.2, 0.25) is 0 Å². The van der Waals surface area contributed by atoms with Crippen molar-refractivity contribution in [1.82, 2.24) is 9.21 Å². The third-order valence-corrected chi connectivity index (χ3v) is 8.37. The van der Waals surface area contributed by atoms with Crippen molar-refractivity contribution in [1.29, 1.82) is 0 Å². The minimum absolute atomic E-state index is 0. The van der Waals surface area contributed by atoms with E-state index in [-0.39, 0.29) is 29.9 Å². The average molecular weight is 502 g/mol. The molecule has 0 spiro atoms. The van der Waals surface area contributed by atoms with Gasteiger partial charge in [0.15, 0.2) is 5.96 Å². The van der Waals surface area contributed by atoms with Gasteiger partial charge in [0.2, 0.25) is 0 Å². The van der Waals surface area contributed by atoms with Gasteiger partial charge in [-0.05, 0) is 23.8 Å². The summed E-state index contributed by atoms with van der Waals surface area (Å²) in [6.07, 6.45) is 0.844. The molecule has 2 aliphatic heterocycles. The standard InChI is InChI=1S/C14H22N4O2S3.HI/c15-14(17-5-8-21-9-6-17)16-10-12-3-4-18(11-12)23(19,20)13-2-1-7-22-13;/h1-2,7,12H,3-6,8-11H2,(H2,15,16);1H. The lowest BCUT2D eigenvalue weighted by Gasteiger charge is -2.27. The SMILES string of the molecule is I.NC(=NCC1CCN(S(=O)(=O)c2cccs2)C1)N1CCSCC1. The molecule has 2 fully saturated rings. The maximum atomic E-state index is 12.5. The summed E-state index contributed by atoms with van der Waals surface area (Å²) in [4.78, 5) is 6.62. The molecule has 0 aliphatic carbocycles. The van der Waals surface area contributed by atoms with Gasteiger partial charge in [-0.15, -0.1) is 35.3 Å². The van der Waals surface area contributed by atoms with Crippen LogP contribution in [0.5, 0.6) is 0 Å². The van der Waals surface area contributed by atoms with Crippen LogP contribution in [0, 0.1) is 5.92 Å². The molecule has 1 aromatic heterocycles. The first-order chi connectivity index (χ1) is 11.1. The molecule has 0 bridgehead atoms. The first kappa shape index (κ1) is 20.3. The second-order valence-electron chi connectivity index (χ2n) is 5.75. The van der Waals surface area contributed by atoms with Crippen LogP contribution in [0.25, 0.3) is 0 Å². The molecule has 0 amide bonds. The number of thioether (sulfide) groups is 1. The molecule has 24 heavy (non-hydrogen) atoms. The highest BCUT2D eigenvalue weighted by atomic mass is 127. The van der Waals surface area contributed by atoms with Gasteiger partial charge in [-0.25, -0.2) is 8.42 Å². The van der Waals surface area contributed by atoms with E-state index in [1.165, 1.54) is 11.3 Å². The first-order valence-corrected chi connectivity index (χ1v) is 11.2. The van der Waals surface area contributed by atoms with Crippen LogP contribution in [0.1, 0.15) is 6.42 Å². The predicted octanol–water partition coefficient (Wildman–Crippen LogP) is 1.74. The van der Waals surface area contributed by atoms with Gasteiger partial charge in [0, 0.05) is 44.2 Å². The fourth-order valence-corrected chi connectivity index (χ4v) is 6.40. The van der Waals surface area contributed by atoms with Gasteiger partial charge >= 0.3 is 0 Å². The highest BCUT2D eigenvalue weighted by Crippen LogP contribution is 2.27. The molecule has 3 heterocycles. The second-order valence-corrected chi connectivity index (χ2v) is 10.1. The highest BCUT2D eigenvalue weighted by Gasteiger charge is 2.33. The molecule has 1 unspecified atom stereocenters. The molecule has 2 aliphatic rings. The van der Waals surface area contributed by atoms with E-state index in [4.69, 9.17) is 5.73 Å². The molecule has 1 atom stereocenters. The lowest BCUT2D eigenvalue weighted by molar-refractivity contribution is 0.446. The number of nitrogens with zero attached hydrogens (tertiary/aromatic N) is 3. The Bertz CT molecular complexity index is 645. The molecular formula is C14H23IN4O2S3. The molecule has 2 N–H and O–H groups in total. The van der Waals surface area contributed by atoms with Crippen LogP contribution in [0.3, 0.4) is 0 Å². The Morgan fingerprint density at radius 2 is 2.08 bits per heavy atom. The molecule has 136 valence electrons. The predicted molar refractivity (Wildman–Crippen MR) is 112 cm³/mol. The molecule has 1 aromatic rings. The Morgan fingerprint density at radius 1 is 1.33 bits per heavy atom.